The topological polar surface area (TPSA) is 125 Å². The van der Waals surface area contributed by atoms with Gasteiger partial charge in [0.25, 0.3) is 5.91 Å². The molecule has 0 aliphatic heterocycles. The average Bonchev–Trinajstić information content (AvgIpc) is 2.83. The Bertz CT molecular complexity index is 1270. The highest BCUT2D eigenvalue weighted by atomic mass is 32.2. The number of benzene rings is 3. The van der Waals surface area contributed by atoms with Gasteiger partial charge in [-0.25, -0.2) is 8.42 Å². The molecule has 0 aromatic heterocycles. The lowest BCUT2D eigenvalue weighted by atomic mass is 10.2. The van der Waals surface area contributed by atoms with Gasteiger partial charge in [0.05, 0.1) is 17.6 Å². The molecule has 174 valence electrons. The molecule has 0 heterocycles. The molecule has 0 spiro atoms. The Hall–Kier alpha value is -4.16. The van der Waals surface area contributed by atoms with Crippen molar-refractivity contribution in [3.05, 3.63) is 96.1 Å². The Balaban J connectivity index is 1.75. The summed E-state index contributed by atoms with van der Waals surface area (Å²) < 4.78 is 31.2. The minimum absolute atomic E-state index is 0.187. The fourth-order valence-corrected chi connectivity index (χ4v) is 4.70. The van der Waals surface area contributed by atoms with Crippen LogP contribution in [0.4, 0.5) is 0 Å². The van der Waals surface area contributed by atoms with Crippen LogP contribution in [0.5, 0.6) is 11.5 Å². The smallest absolute Gasteiger partial charge is 0.252 e. The van der Waals surface area contributed by atoms with Gasteiger partial charge in [0.15, 0.2) is 9.84 Å². The molecule has 34 heavy (non-hydrogen) atoms. The van der Waals surface area contributed by atoms with Crippen LogP contribution in [0.3, 0.4) is 0 Å². The first-order chi connectivity index (χ1) is 16.4. The summed E-state index contributed by atoms with van der Waals surface area (Å²) in [6, 6.07) is 24.2. The van der Waals surface area contributed by atoms with Crippen molar-refractivity contribution in [3.8, 4) is 17.6 Å². The van der Waals surface area contributed by atoms with Crippen LogP contribution in [-0.2, 0) is 20.4 Å². The lowest BCUT2D eigenvalue weighted by Gasteiger charge is -2.18. The summed E-state index contributed by atoms with van der Waals surface area (Å²) in [5.74, 6) is -1.33. The van der Waals surface area contributed by atoms with Gasteiger partial charge in [0.1, 0.15) is 24.1 Å². The van der Waals surface area contributed by atoms with Gasteiger partial charge in [-0.15, -0.1) is 0 Å². The summed E-state index contributed by atoms with van der Waals surface area (Å²) in [4.78, 5) is 25.4. The number of carbonyl (C=O) groups excluding carboxylic acids is 2. The first-order valence-electron chi connectivity index (χ1n) is 10.4. The molecular formula is C25H23N3O5S. The molecule has 0 aliphatic rings. The number of nitriles is 1. The number of rotatable bonds is 10. The minimum atomic E-state index is -3.76. The van der Waals surface area contributed by atoms with Crippen LogP contribution >= 0.6 is 0 Å². The second kappa shape index (κ2) is 11.6. The van der Waals surface area contributed by atoms with E-state index in [0.29, 0.717) is 17.1 Å². The Morgan fingerprint density at radius 1 is 0.912 bits per heavy atom. The normalized spacial score (nSPS) is 11.6. The van der Waals surface area contributed by atoms with Gasteiger partial charge >= 0.3 is 0 Å². The Morgan fingerprint density at radius 3 is 2.24 bits per heavy atom. The monoisotopic (exact) mass is 477 g/mol. The molecule has 0 fully saturated rings. The third-order valence-electron chi connectivity index (χ3n) is 4.69. The quantitative estimate of drug-likeness (QED) is 0.433. The van der Waals surface area contributed by atoms with Crippen molar-refractivity contribution >= 4 is 21.7 Å². The van der Waals surface area contributed by atoms with E-state index in [4.69, 9.17) is 10.00 Å². The zero-order chi connectivity index (χ0) is 24.4. The fraction of sp³-hybridized carbons (Fsp3) is 0.160. The first kappa shape index (κ1) is 24.5. The molecule has 1 atom stereocenters. The van der Waals surface area contributed by atoms with Gasteiger partial charge in [-0.3, -0.25) is 9.59 Å². The standard InChI is InChI=1S/C25H23N3O5S/c26-14-15-27-25(30)23(18-34(31,32)17-19-8-3-1-4-9-19)28-24(29)20-10-7-13-22(16-20)33-21-11-5-2-6-12-21/h1-13,16,23H,15,17-18H2,(H,27,30)(H,28,29)/t23-/m0/s1. The third-order valence-corrected chi connectivity index (χ3v) is 6.30. The van der Waals surface area contributed by atoms with Crippen LogP contribution in [0.1, 0.15) is 15.9 Å². The van der Waals surface area contributed by atoms with Crippen LogP contribution in [0.25, 0.3) is 0 Å². The van der Waals surface area contributed by atoms with Crippen molar-refractivity contribution in [3.63, 3.8) is 0 Å². The molecule has 0 bridgehead atoms. The molecule has 3 aromatic rings. The lowest BCUT2D eigenvalue weighted by molar-refractivity contribution is -0.122. The predicted octanol–water partition coefficient (Wildman–Crippen LogP) is 2.83. The molecule has 0 unspecified atom stereocenters. The van der Waals surface area contributed by atoms with Crippen LogP contribution in [0.2, 0.25) is 0 Å². The van der Waals surface area contributed by atoms with Gasteiger partial charge in [0.2, 0.25) is 5.91 Å². The number of nitrogens with zero attached hydrogens (tertiary/aromatic N) is 1. The summed E-state index contributed by atoms with van der Waals surface area (Å²) in [5.41, 5.74) is 0.753. The third kappa shape index (κ3) is 7.46. The van der Waals surface area contributed by atoms with Gasteiger partial charge in [-0.05, 0) is 35.9 Å². The average molecular weight is 478 g/mol. The van der Waals surface area contributed by atoms with Crippen LogP contribution in [-0.4, -0.2) is 38.6 Å². The van der Waals surface area contributed by atoms with Crippen molar-refractivity contribution in [2.45, 2.75) is 11.8 Å². The van der Waals surface area contributed by atoms with Crippen LogP contribution < -0.4 is 15.4 Å². The number of carbonyl (C=O) groups is 2. The van der Waals surface area contributed by atoms with Crippen LogP contribution in [0, 0.1) is 11.3 Å². The summed E-state index contributed by atoms with van der Waals surface area (Å²) >= 11 is 0. The van der Waals surface area contributed by atoms with E-state index in [0.717, 1.165) is 0 Å². The number of nitrogens with one attached hydrogen (secondary N) is 2. The SMILES string of the molecule is N#CCNC(=O)[C@H](CS(=O)(=O)Cc1ccccc1)NC(=O)c1cccc(Oc2ccccc2)c1. The molecule has 0 aliphatic carbocycles. The summed E-state index contributed by atoms with van der Waals surface area (Å²) in [7, 11) is -3.76. The zero-order valence-electron chi connectivity index (χ0n) is 18.2. The number of amides is 2. The van der Waals surface area contributed by atoms with E-state index in [-0.39, 0.29) is 17.9 Å². The number of hydrogen-bond acceptors (Lipinski definition) is 6. The number of sulfone groups is 1. The predicted molar refractivity (Wildman–Crippen MR) is 127 cm³/mol. The first-order valence-corrected chi connectivity index (χ1v) is 12.2. The van der Waals surface area contributed by atoms with E-state index in [1.54, 1.807) is 60.7 Å². The molecule has 0 radical (unpaired) electrons. The molecule has 3 aromatic carbocycles. The maximum atomic E-state index is 12.9. The van der Waals surface area contributed by atoms with Gasteiger partial charge in [-0.1, -0.05) is 54.6 Å². The van der Waals surface area contributed by atoms with Crippen molar-refractivity contribution in [1.29, 1.82) is 5.26 Å². The summed E-state index contributed by atoms with van der Waals surface area (Å²) in [6.07, 6.45) is 0. The van der Waals surface area contributed by atoms with Crippen molar-refractivity contribution in [1.82, 2.24) is 10.6 Å². The van der Waals surface area contributed by atoms with Crippen molar-refractivity contribution in [2.75, 3.05) is 12.3 Å². The van der Waals surface area contributed by atoms with Crippen molar-refractivity contribution < 1.29 is 22.7 Å². The highest BCUT2D eigenvalue weighted by Gasteiger charge is 2.28. The number of para-hydroxylation sites is 1. The van der Waals surface area contributed by atoms with E-state index >= 15 is 0 Å². The molecule has 2 amide bonds. The van der Waals surface area contributed by atoms with E-state index < -0.39 is 33.4 Å². The van der Waals surface area contributed by atoms with E-state index in [9.17, 15) is 18.0 Å². The minimum Gasteiger partial charge on any atom is -0.457 e. The van der Waals surface area contributed by atoms with Crippen LogP contribution in [0.15, 0.2) is 84.9 Å². The highest BCUT2D eigenvalue weighted by molar-refractivity contribution is 7.90. The van der Waals surface area contributed by atoms with E-state index in [1.807, 2.05) is 18.2 Å². The van der Waals surface area contributed by atoms with Gasteiger partial charge in [-0.2, -0.15) is 5.26 Å². The Kier molecular flexibility index (Phi) is 8.37. The lowest BCUT2D eigenvalue weighted by Crippen LogP contribution is -2.50. The number of ether oxygens (including phenoxy) is 1. The van der Waals surface area contributed by atoms with Gasteiger partial charge < -0.3 is 15.4 Å². The van der Waals surface area contributed by atoms with E-state index in [1.165, 1.54) is 12.1 Å². The molecule has 0 saturated heterocycles. The fourth-order valence-electron chi connectivity index (χ4n) is 3.14. The highest BCUT2D eigenvalue weighted by Crippen LogP contribution is 2.22. The molecule has 2 N–H and O–H groups in total. The number of hydrogen-bond donors (Lipinski definition) is 2. The maximum Gasteiger partial charge on any atom is 0.252 e. The summed E-state index contributed by atoms with van der Waals surface area (Å²) in [6.45, 7) is -0.315. The Labute approximate surface area is 198 Å². The second-order valence-electron chi connectivity index (χ2n) is 7.39. The molecule has 8 nitrogen and oxygen atoms in total. The van der Waals surface area contributed by atoms with Gasteiger partial charge in [0, 0.05) is 5.56 Å². The molecule has 3 rings (SSSR count). The molecule has 9 heteroatoms. The second-order valence-corrected chi connectivity index (χ2v) is 9.49. The molecular weight excluding hydrogens is 454 g/mol. The Morgan fingerprint density at radius 2 is 1.56 bits per heavy atom. The zero-order valence-corrected chi connectivity index (χ0v) is 19.0. The molecule has 0 saturated carbocycles. The maximum absolute atomic E-state index is 12.9. The van der Waals surface area contributed by atoms with Crippen molar-refractivity contribution in [2.24, 2.45) is 0 Å². The largest absolute Gasteiger partial charge is 0.457 e. The summed E-state index contributed by atoms with van der Waals surface area (Å²) in [5, 5.41) is 13.5. The van der Waals surface area contributed by atoms with E-state index in [2.05, 4.69) is 10.6 Å².